The minimum Gasteiger partial charge on any atom is -0.448 e. The Labute approximate surface area is 157 Å². The molecule has 0 spiro atoms. The summed E-state index contributed by atoms with van der Waals surface area (Å²) in [6, 6.07) is 7.71. The Morgan fingerprint density at radius 2 is 2.00 bits per heavy atom. The van der Waals surface area contributed by atoms with E-state index in [0.717, 1.165) is 50.3 Å². The second kappa shape index (κ2) is 13.0. The first-order valence-corrected chi connectivity index (χ1v) is 9.10. The Kier molecular flexibility index (Phi) is 11.3. The van der Waals surface area contributed by atoms with Crippen LogP contribution in [0.25, 0.3) is 0 Å². The summed E-state index contributed by atoms with van der Waals surface area (Å²) in [4.78, 5) is 14.2. The molecule has 2 rings (SSSR count). The molecule has 1 aliphatic rings. The Hall–Kier alpha value is -1.30. The highest BCUT2D eigenvalue weighted by molar-refractivity contribution is 5.85. The molecule has 5 nitrogen and oxygen atoms in total. The van der Waals surface area contributed by atoms with Crippen molar-refractivity contribution in [2.75, 3.05) is 38.2 Å². The summed E-state index contributed by atoms with van der Waals surface area (Å²) >= 11 is 0. The predicted molar refractivity (Wildman–Crippen MR) is 104 cm³/mol. The molecule has 1 aliphatic heterocycles. The lowest BCUT2D eigenvalue weighted by molar-refractivity contribution is 0.118. The van der Waals surface area contributed by atoms with Gasteiger partial charge in [0.25, 0.3) is 0 Å². The van der Waals surface area contributed by atoms with Gasteiger partial charge in [-0.25, -0.2) is 4.79 Å². The van der Waals surface area contributed by atoms with Gasteiger partial charge in [-0.3, -0.25) is 10.2 Å². The molecule has 25 heavy (non-hydrogen) atoms. The average Bonchev–Trinajstić information content (AvgIpc) is 2.60. The van der Waals surface area contributed by atoms with E-state index in [-0.39, 0.29) is 12.4 Å². The lowest BCUT2D eigenvalue weighted by Gasteiger charge is -2.25. The second-order valence-corrected chi connectivity index (χ2v) is 6.27. The maximum atomic E-state index is 11.9. The first-order valence-electron chi connectivity index (χ1n) is 9.10. The van der Waals surface area contributed by atoms with E-state index in [0.29, 0.717) is 13.2 Å². The highest BCUT2D eigenvalue weighted by Crippen LogP contribution is 2.12. The monoisotopic (exact) mass is 370 g/mol. The molecule has 0 atom stereocenters. The van der Waals surface area contributed by atoms with Gasteiger partial charge in [-0.1, -0.05) is 31.9 Å². The summed E-state index contributed by atoms with van der Waals surface area (Å²) < 4.78 is 10.9. The van der Waals surface area contributed by atoms with Gasteiger partial charge in [0.2, 0.25) is 0 Å². The molecule has 0 aliphatic carbocycles. The van der Waals surface area contributed by atoms with Gasteiger partial charge < -0.3 is 9.47 Å². The lowest BCUT2D eigenvalue weighted by Crippen LogP contribution is -2.33. The third-order valence-electron chi connectivity index (χ3n) is 4.17. The van der Waals surface area contributed by atoms with Crippen LogP contribution in [-0.4, -0.2) is 43.8 Å². The van der Waals surface area contributed by atoms with Crippen molar-refractivity contribution in [3.63, 3.8) is 0 Å². The molecule has 1 N–H and O–H groups in total. The molecule has 142 valence electrons. The fraction of sp³-hybridized carbons (Fsp3) is 0.632. The van der Waals surface area contributed by atoms with Crippen molar-refractivity contribution >= 4 is 24.2 Å². The van der Waals surface area contributed by atoms with E-state index in [1.807, 2.05) is 24.3 Å². The molecule has 0 saturated carbocycles. The number of piperidine rings is 1. The van der Waals surface area contributed by atoms with Crippen molar-refractivity contribution in [1.29, 1.82) is 0 Å². The van der Waals surface area contributed by atoms with Crippen molar-refractivity contribution in [2.45, 2.75) is 45.6 Å². The topological polar surface area (TPSA) is 50.8 Å². The number of anilines is 1. The number of hydrogen-bond donors (Lipinski definition) is 1. The van der Waals surface area contributed by atoms with Gasteiger partial charge in [-0.2, -0.15) is 0 Å². The quantitative estimate of drug-likeness (QED) is 0.652. The molecular formula is C19H31ClN2O3. The van der Waals surface area contributed by atoms with Crippen LogP contribution in [0.15, 0.2) is 24.3 Å². The molecule has 1 aromatic rings. The molecule has 1 amide bonds. The number of carbonyl (C=O) groups excluding carboxylic acids is 1. The normalized spacial score (nSPS) is 14.6. The van der Waals surface area contributed by atoms with Crippen LogP contribution in [0.3, 0.4) is 0 Å². The standard InChI is InChI=1S/C19H30N2O3.ClH/c1-2-3-13-23-16-17-8-7-9-18(15-17)20-19(22)24-14-12-21-10-5-4-6-11-21;/h7-9,15H,2-6,10-14,16H2,1H3,(H,20,22);1H. The number of rotatable bonds is 9. The Morgan fingerprint density at radius 3 is 2.76 bits per heavy atom. The van der Waals surface area contributed by atoms with Crippen LogP contribution in [0.5, 0.6) is 0 Å². The lowest BCUT2D eigenvalue weighted by atomic mass is 10.1. The molecule has 0 unspecified atom stereocenters. The van der Waals surface area contributed by atoms with Crippen LogP contribution in [-0.2, 0) is 16.1 Å². The van der Waals surface area contributed by atoms with Gasteiger partial charge in [0.05, 0.1) is 6.61 Å². The van der Waals surface area contributed by atoms with Crippen LogP contribution < -0.4 is 5.32 Å². The molecule has 0 radical (unpaired) electrons. The Morgan fingerprint density at radius 1 is 1.20 bits per heavy atom. The highest BCUT2D eigenvalue weighted by atomic mass is 35.5. The van der Waals surface area contributed by atoms with E-state index in [9.17, 15) is 4.79 Å². The van der Waals surface area contributed by atoms with E-state index >= 15 is 0 Å². The zero-order valence-corrected chi connectivity index (χ0v) is 16.0. The summed E-state index contributed by atoms with van der Waals surface area (Å²) in [5.74, 6) is 0. The van der Waals surface area contributed by atoms with E-state index in [1.165, 1.54) is 19.3 Å². The summed E-state index contributed by atoms with van der Waals surface area (Å²) in [6.07, 6.45) is 5.62. The van der Waals surface area contributed by atoms with Gasteiger partial charge in [0, 0.05) is 18.8 Å². The van der Waals surface area contributed by atoms with Crippen molar-refractivity contribution < 1.29 is 14.3 Å². The van der Waals surface area contributed by atoms with E-state index in [4.69, 9.17) is 9.47 Å². The fourth-order valence-corrected chi connectivity index (χ4v) is 2.78. The zero-order valence-electron chi connectivity index (χ0n) is 15.2. The number of unbranched alkanes of at least 4 members (excludes halogenated alkanes) is 1. The third kappa shape index (κ3) is 9.10. The molecule has 0 bridgehead atoms. The number of amides is 1. The number of ether oxygens (including phenoxy) is 2. The van der Waals surface area contributed by atoms with E-state index in [1.54, 1.807) is 0 Å². The van der Waals surface area contributed by atoms with Crippen molar-refractivity contribution in [3.8, 4) is 0 Å². The smallest absolute Gasteiger partial charge is 0.411 e. The summed E-state index contributed by atoms with van der Waals surface area (Å²) in [5.41, 5.74) is 1.80. The Balaban J connectivity index is 0.00000312. The van der Waals surface area contributed by atoms with Gasteiger partial charge in [-0.05, 0) is 50.0 Å². The number of hydrogen-bond acceptors (Lipinski definition) is 4. The van der Waals surface area contributed by atoms with Gasteiger partial charge in [0.15, 0.2) is 0 Å². The maximum absolute atomic E-state index is 11.9. The molecule has 1 heterocycles. The predicted octanol–water partition coefficient (Wildman–Crippen LogP) is 4.46. The first-order chi connectivity index (χ1) is 11.8. The number of carbonyl (C=O) groups is 1. The van der Waals surface area contributed by atoms with Gasteiger partial charge >= 0.3 is 6.09 Å². The highest BCUT2D eigenvalue weighted by Gasteiger charge is 2.10. The van der Waals surface area contributed by atoms with E-state index in [2.05, 4.69) is 17.1 Å². The molecule has 1 saturated heterocycles. The Bertz CT molecular complexity index is 493. The average molecular weight is 371 g/mol. The third-order valence-corrected chi connectivity index (χ3v) is 4.17. The molecule has 6 heteroatoms. The summed E-state index contributed by atoms with van der Waals surface area (Å²) in [7, 11) is 0. The molecular weight excluding hydrogens is 340 g/mol. The van der Waals surface area contributed by atoms with Crippen molar-refractivity contribution in [1.82, 2.24) is 4.90 Å². The minimum atomic E-state index is -0.393. The second-order valence-electron chi connectivity index (χ2n) is 6.27. The van der Waals surface area contributed by atoms with Crippen LogP contribution in [0.4, 0.5) is 10.5 Å². The van der Waals surface area contributed by atoms with Crippen LogP contribution >= 0.6 is 12.4 Å². The number of likely N-dealkylation sites (tertiary alicyclic amines) is 1. The van der Waals surface area contributed by atoms with Gasteiger partial charge in [0.1, 0.15) is 6.61 Å². The fourth-order valence-electron chi connectivity index (χ4n) is 2.78. The molecule has 0 aromatic heterocycles. The number of benzene rings is 1. The maximum Gasteiger partial charge on any atom is 0.411 e. The summed E-state index contributed by atoms with van der Waals surface area (Å²) in [6.45, 7) is 6.97. The minimum absolute atomic E-state index is 0. The molecule has 1 aromatic carbocycles. The number of nitrogens with one attached hydrogen (secondary N) is 1. The molecule has 1 fully saturated rings. The van der Waals surface area contributed by atoms with Crippen molar-refractivity contribution in [3.05, 3.63) is 29.8 Å². The van der Waals surface area contributed by atoms with Gasteiger partial charge in [-0.15, -0.1) is 12.4 Å². The largest absolute Gasteiger partial charge is 0.448 e. The number of nitrogens with zero attached hydrogens (tertiary/aromatic N) is 1. The SMILES string of the molecule is CCCCOCc1cccc(NC(=O)OCCN2CCCCC2)c1.Cl. The first kappa shape index (κ1) is 21.7. The van der Waals surface area contributed by atoms with E-state index < -0.39 is 6.09 Å². The van der Waals surface area contributed by atoms with Crippen molar-refractivity contribution in [2.24, 2.45) is 0 Å². The van der Waals surface area contributed by atoms with Crippen LogP contribution in [0.1, 0.15) is 44.6 Å². The van der Waals surface area contributed by atoms with Crippen LogP contribution in [0.2, 0.25) is 0 Å². The zero-order chi connectivity index (χ0) is 17.0. The van der Waals surface area contributed by atoms with Crippen LogP contribution in [0, 0.1) is 0 Å². The summed E-state index contributed by atoms with van der Waals surface area (Å²) in [5, 5.41) is 2.79. The number of halogens is 1.